The van der Waals surface area contributed by atoms with Gasteiger partial charge in [-0.25, -0.2) is 9.37 Å². The molecule has 0 bridgehead atoms. The van der Waals surface area contributed by atoms with Crippen molar-refractivity contribution in [1.29, 1.82) is 0 Å². The highest BCUT2D eigenvalue weighted by Crippen LogP contribution is 2.32. The average molecular weight is 287 g/mol. The number of anilines is 2. The first-order valence-corrected chi connectivity index (χ1v) is 5.95. The summed E-state index contributed by atoms with van der Waals surface area (Å²) in [7, 11) is 0. The van der Waals surface area contributed by atoms with Crippen LogP contribution in [0.4, 0.5) is 29.2 Å². The lowest BCUT2D eigenvalue weighted by molar-refractivity contribution is -0.137. The van der Waals surface area contributed by atoms with E-state index in [2.05, 4.69) is 10.3 Å². The maximum Gasteiger partial charge on any atom is 0.416 e. The third kappa shape index (κ3) is 2.92. The SMILES string of the molecule is CC(C)n1ccnc1Nc1cc(C(F)(F)F)ccc1F. The summed E-state index contributed by atoms with van der Waals surface area (Å²) in [6, 6.07) is 2.27. The molecule has 1 aromatic heterocycles. The van der Waals surface area contributed by atoms with Gasteiger partial charge in [0.1, 0.15) is 5.82 Å². The van der Waals surface area contributed by atoms with E-state index < -0.39 is 17.6 Å². The normalized spacial score (nSPS) is 11.9. The van der Waals surface area contributed by atoms with Gasteiger partial charge in [-0.05, 0) is 32.0 Å². The van der Waals surface area contributed by atoms with Crippen molar-refractivity contribution in [2.75, 3.05) is 5.32 Å². The number of aromatic nitrogens is 2. The van der Waals surface area contributed by atoms with Gasteiger partial charge in [0.15, 0.2) is 0 Å². The highest BCUT2D eigenvalue weighted by Gasteiger charge is 2.31. The van der Waals surface area contributed by atoms with Gasteiger partial charge in [-0.2, -0.15) is 13.2 Å². The quantitative estimate of drug-likeness (QED) is 0.850. The molecule has 20 heavy (non-hydrogen) atoms. The fourth-order valence-electron chi connectivity index (χ4n) is 1.74. The fraction of sp³-hybridized carbons (Fsp3) is 0.308. The largest absolute Gasteiger partial charge is 0.416 e. The van der Waals surface area contributed by atoms with E-state index in [1.54, 1.807) is 10.8 Å². The lowest BCUT2D eigenvalue weighted by Gasteiger charge is -2.14. The molecule has 0 saturated carbocycles. The van der Waals surface area contributed by atoms with Gasteiger partial charge in [-0.15, -0.1) is 0 Å². The summed E-state index contributed by atoms with van der Waals surface area (Å²) >= 11 is 0. The van der Waals surface area contributed by atoms with Gasteiger partial charge in [0.25, 0.3) is 0 Å². The molecule has 108 valence electrons. The first-order chi connectivity index (χ1) is 9.29. The van der Waals surface area contributed by atoms with Gasteiger partial charge in [0, 0.05) is 18.4 Å². The average Bonchev–Trinajstić information content (AvgIpc) is 2.78. The second-order valence-electron chi connectivity index (χ2n) is 4.57. The topological polar surface area (TPSA) is 29.9 Å². The van der Waals surface area contributed by atoms with E-state index in [-0.39, 0.29) is 11.7 Å². The van der Waals surface area contributed by atoms with Crippen LogP contribution >= 0.6 is 0 Å². The molecule has 0 aliphatic rings. The van der Waals surface area contributed by atoms with Crippen LogP contribution in [0.1, 0.15) is 25.5 Å². The van der Waals surface area contributed by atoms with Crippen molar-refractivity contribution >= 4 is 11.6 Å². The second kappa shape index (κ2) is 5.15. The van der Waals surface area contributed by atoms with Crippen LogP contribution in [0, 0.1) is 5.82 Å². The van der Waals surface area contributed by atoms with Gasteiger partial charge in [0.05, 0.1) is 11.3 Å². The molecule has 1 aromatic carbocycles. The first kappa shape index (κ1) is 14.4. The van der Waals surface area contributed by atoms with Crippen molar-refractivity contribution in [3.8, 4) is 0 Å². The number of halogens is 4. The lowest BCUT2D eigenvalue weighted by atomic mass is 10.2. The van der Waals surface area contributed by atoms with E-state index in [1.165, 1.54) is 6.20 Å². The van der Waals surface area contributed by atoms with Crippen molar-refractivity contribution in [2.45, 2.75) is 26.1 Å². The summed E-state index contributed by atoms with van der Waals surface area (Å²) in [4.78, 5) is 3.97. The molecule has 0 spiro atoms. The smallest absolute Gasteiger partial charge is 0.323 e. The molecule has 1 N–H and O–H groups in total. The summed E-state index contributed by atoms with van der Waals surface area (Å²) in [5.41, 5.74) is -1.17. The van der Waals surface area contributed by atoms with Gasteiger partial charge < -0.3 is 9.88 Å². The number of alkyl halides is 3. The molecule has 0 amide bonds. The van der Waals surface area contributed by atoms with Crippen LogP contribution in [0.15, 0.2) is 30.6 Å². The molecule has 0 unspecified atom stereocenters. The zero-order valence-corrected chi connectivity index (χ0v) is 10.9. The van der Waals surface area contributed by atoms with Gasteiger partial charge >= 0.3 is 6.18 Å². The van der Waals surface area contributed by atoms with E-state index in [9.17, 15) is 17.6 Å². The van der Waals surface area contributed by atoms with Crippen LogP contribution in [0.3, 0.4) is 0 Å². The summed E-state index contributed by atoms with van der Waals surface area (Å²) in [6.07, 6.45) is -1.36. The summed E-state index contributed by atoms with van der Waals surface area (Å²) in [5.74, 6) is -0.477. The molecular formula is C13H13F4N3. The summed E-state index contributed by atoms with van der Waals surface area (Å²) in [6.45, 7) is 3.77. The maximum atomic E-state index is 13.6. The standard InChI is InChI=1S/C13H13F4N3/c1-8(2)20-6-5-18-12(20)19-11-7-9(13(15,16)17)3-4-10(11)14/h3-8H,1-2H3,(H,18,19). The molecule has 2 aromatic rings. The molecule has 0 radical (unpaired) electrons. The Balaban J connectivity index is 2.36. The Kier molecular flexibility index (Phi) is 3.69. The minimum Gasteiger partial charge on any atom is -0.323 e. The van der Waals surface area contributed by atoms with Crippen LogP contribution in [0.2, 0.25) is 0 Å². The predicted molar refractivity (Wildman–Crippen MR) is 67.3 cm³/mol. The van der Waals surface area contributed by atoms with Crippen molar-refractivity contribution in [2.24, 2.45) is 0 Å². The van der Waals surface area contributed by atoms with Crippen LogP contribution in [0.5, 0.6) is 0 Å². The Labute approximate surface area is 113 Å². The van der Waals surface area contributed by atoms with Gasteiger partial charge in [-0.3, -0.25) is 0 Å². The van der Waals surface area contributed by atoms with E-state index >= 15 is 0 Å². The van der Waals surface area contributed by atoms with E-state index in [0.717, 1.165) is 12.1 Å². The minimum absolute atomic E-state index is 0.0499. The number of nitrogens with zero attached hydrogens (tertiary/aromatic N) is 2. The molecule has 3 nitrogen and oxygen atoms in total. The van der Waals surface area contributed by atoms with Crippen LogP contribution in [0.25, 0.3) is 0 Å². The first-order valence-electron chi connectivity index (χ1n) is 5.95. The number of imidazole rings is 1. The molecule has 0 saturated heterocycles. The third-order valence-electron chi connectivity index (χ3n) is 2.77. The second-order valence-corrected chi connectivity index (χ2v) is 4.57. The highest BCUT2D eigenvalue weighted by atomic mass is 19.4. The number of hydrogen-bond acceptors (Lipinski definition) is 2. The van der Waals surface area contributed by atoms with E-state index in [0.29, 0.717) is 12.0 Å². The number of benzene rings is 1. The predicted octanol–water partition coefficient (Wildman–Crippen LogP) is 4.37. The minimum atomic E-state index is -4.52. The number of rotatable bonds is 3. The highest BCUT2D eigenvalue weighted by molar-refractivity contribution is 5.56. The molecule has 0 fully saturated rings. The zero-order chi connectivity index (χ0) is 14.9. The fourth-order valence-corrected chi connectivity index (χ4v) is 1.74. The van der Waals surface area contributed by atoms with Crippen LogP contribution in [-0.4, -0.2) is 9.55 Å². The lowest BCUT2D eigenvalue weighted by Crippen LogP contribution is -2.09. The Morgan fingerprint density at radius 1 is 1.25 bits per heavy atom. The Bertz CT molecular complexity index is 602. The van der Waals surface area contributed by atoms with Crippen molar-refractivity contribution in [3.05, 3.63) is 42.0 Å². The van der Waals surface area contributed by atoms with Crippen molar-refractivity contribution < 1.29 is 17.6 Å². The molecule has 7 heteroatoms. The monoisotopic (exact) mass is 287 g/mol. The number of nitrogens with one attached hydrogen (secondary N) is 1. The molecule has 1 heterocycles. The van der Waals surface area contributed by atoms with E-state index in [4.69, 9.17) is 0 Å². The molecule has 0 aliphatic carbocycles. The van der Waals surface area contributed by atoms with Crippen LogP contribution in [-0.2, 0) is 6.18 Å². The summed E-state index contributed by atoms with van der Waals surface area (Å²) < 4.78 is 53.2. The molecule has 2 rings (SSSR count). The van der Waals surface area contributed by atoms with Crippen LogP contribution < -0.4 is 5.32 Å². The molecule has 0 aliphatic heterocycles. The van der Waals surface area contributed by atoms with Crippen molar-refractivity contribution in [1.82, 2.24) is 9.55 Å². The molecular weight excluding hydrogens is 274 g/mol. The Hall–Kier alpha value is -2.05. The third-order valence-corrected chi connectivity index (χ3v) is 2.77. The van der Waals surface area contributed by atoms with E-state index in [1.807, 2.05) is 13.8 Å². The Morgan fingerprint density at radius 2 is 1.95 bits per heavy atom. The molecule has 0 atom stereocenters. The number of hydrogen-bond donors (Lipinski definition) is 1. The summed E-state index contributed by atoms with van der Waals surface area (Å²) in [5, 5.41) is 2.59. The van der Waals surface area contributed by atoms with Gasteiger partial charge in [-0.1, -0.05) is 0 Å². The van der Waals surface area contributed by atoms with Gasteiger partial charge in [0.2, 0.25) is 5.95 Å². The maximum absolute atomic E-state index is 13.6. The Morgan fingerprint density at radius 3 is 2.55 bits per heavy atom. The zero-order valence-electron chi connectivity index (χ0n) is 10.9. The van der Waals surface area contributed by atoms with Crippen molar-refractivity contribution in [3.63, 3.8) is 0 Å².